The molecule has 0 radical (unpaired) electrons. The fourth-order valence-electron chi connectivity index (χ4n) is 2.28. The van der Waals surface area contributed by atoms with Gasteiger partial charge < -0.3 is 20.1 Å². The molecule has 7 heteroatoms. The fourth-order valence-corrected chi connectivity index (χ4v) is 2.28. The first-order valence-electron chi connectivity index (χ1n) is 8.11. The molecule has 1 atom stereocenters. The van der Waals surface area contributed by atoms with Gasteiger partial charge in [0.1, 0.15) is 23.4 Å². The predicted molar refractivity (Wildman–Crippen MR) is 113 cm³/mol. The predicted octanol–water partition coefficient (Wildman–Crippen LogP) is 3.58. The van der Waals surface area contributed by atoms with Crippen molar-refractivity contribution in [1.82, 2.24) is 10.6 Å². The average Bonchev–Trinajstić information content (AvgIpc) is 2.64. The zero-order chi connectivity index (χ0) is 18.1. The molecular weight excluding hydrogens is 448 g/mol. The van der Waals surface area contributed by atoms with E-state index in [1.54, 1.807) is 26.3 Å². The molecule has 0 heterocycles. The van der Waals surface area contributed by atoms with E-state index in [0.717, 1.165) is 11.3 Å². The third kappa shape index (κ3) is 7.07. The van der Waals surface area contributed by atoms with E-state index in [9.17, 15) is 4.39 Å². The lowest BCUT2D eigenvalue weighted by atomic mass is 10.2. The van der Waals surface area contributed by atoms with Crippen LogP contribution in [0.1, 0.15) is 12.5 Å². The second kappa shape index (κ2) is 11.6. The van der Waals surface area contributed by atoms with Crippen molar-refractivity contribution >= 4 is 29.9 Å². The van der Waals surface area contributed by atoms with Crippen LogP contribution in [-0.2, 0) is 6.54 Å². The van der Waals surface area contributed by atoms with Crippen molar-refractivity contribution in [3.8, 4) is 11.5 Å². The van der Waals surface area contributed by atoms with Gasteiger partial charge in [-0.2, -0.15) is 0 Å². The molecular formula is C19H25FIN3O2. The number of nitrogens with zero attached hydrogens (tertiary/aromatic N) is 1. The molecule has 26 heavy (non-hydrogen) atoms. The van der Waals surface area contributed by atoms with Crippen LogP contribution in [0.3, 0.4) is 0 Å². The number of ether oxygens (including phenoxy) is 2. The fraction of sp³-hybridized carbons (Fsp3) is 0.316. The molecule has 0 aliphatic carbocycles. The van der Waals surface area contributed by atoms with Crippen molar-refractivity contribution in [1.29, 1.82) is 0 Å². The van der Waals surface area contributed by atoms with Crippen molar-refractivity contribution in [3.63, 3.8) is 0 Å². The number of hydrogen-bond acceptors (Lipinski definition) is 3. The van der Waals surface area contributed by atoms with Crippen LogP contribution in [0.25, 0.3) is 0 Å². The maximum atomic E-state index is 12.9. The van der Waals surface area contributed by atoms with Gasteiger partial charge in [0.05, 0.1) is 13.7 Å². The summed E-state index contributed by atoms with van der Waals surface area (Å²) in [6.45, 7) is 3.09. The number of rotatable bonds is 7. The van der Waals surface area contributed by atoms with E-state index in [1.807, 2.05) is 31.2 Å². The first-order chi connectivity index (χ1) is 12.1. The number of halogens is 2. The SMILES string of the molecule is CN=C(NCc1ccccc1OC)NCC(C)Oc1ccc(F)cc1.I. The third-order valence-corrected chi connectivity index (χ3v) is 3.57. The number of benzene rings is 2. The van der Waals surface area contributed by atoms with Gasteiger partial charge in [0.15, 0.2) is 5.96 Å². The highest BCUT2D eigenvalue weighted by molar-refractivity contribution is 14.0. The summed E-state index contributed by atoms with van der Waals surface area (Å²) in [6.07, 6.45) is -0.102. The van der Waals surface area contributed by atoms with Crippen LogP contribution in [0.2, 0.25) is 0 Å². The summed E-state index contributed by atoms with van der Waals surface area (Å²) in [5, 5.41) is 6.45. The zero-order valence-electron chi connectivity index (χ0n) is 15.2. The lowest BCUT2D eigenvalue weighted by Gasteiger charge is -2.18. The molecule has 0 spiro atoms. The van der Waals surface area contributed by atoms with Gasteiger partial charge in [-0.05, 0) is 37.3 Å². The molecule has 1 unspecified atom stereocenters. The summed E-state index contributed by atoms with van der Waals surface area (Å²) < 4.78 is 24.0. The molecule has 2 aromatic carbocycles. The molecule has 0 aliphatic heterocycles. The molecule has 2 N–H and O–H groups in total. The minimum Gasteiger partial charge on any atom is -0.496 e. The van der Waals surface area contributed by atoms with Crippen LogP contribution in [-0.4, -0.2) is 32.8 Å². The van der Waals surface area contributed by atoms with Crippen molar-refractivity contribution < 1.29 is 13.9 Å². The van der Waals surface area contributed by atoms with E-state index in [2.05, 4.69) is 15.6 Å². The largest absolute Gasteiger partial charge is 0.496 e. The van der Waals surface area contributed by atoms with Gasteiger partial charge in [-0.25, -0.2) is 4.39 Å². The minimum absolute atomic E-state index is 0. The molecule has 0 fully saturated rings. The van der Waals surface area contributed by atoms with Crippen LogP contribution in [0.5, 0.6) is 11.5 Å². The lowest BCUT2D eigenvalue weighted by Crippen LogP contribution is -2.41. The topological polar surface area (TPSA) is 54.9 Å². The molecule has 2 aromatic rings. The monoisotopic (exact) mass is 473 g/mol. The average molecular weight is 473 g/mol. The van der Waals surface area contributed by atoms with E-state index in [0.29, 0.717) is 24.8 Å². The number of aliphatic imine (C=N–C) groups is 1. The minimum atomic E-state index is -0.279. The van der Waals surface area contributed by atoms with Crippen LogP contribution >= 0.6 is 24.0 Å². The Balaban J connectivity index is 0.00000338. The summed E-state index contributed by atoms with van der Waals surface area (Å²) >= 11 is 0. The smallest absolute Gasteiger partial charge is 0.191 e. The summed E-state index contributed by atoms with van der Waals surface area (Å²) in [4.78, 5) is 4.20. The van der Waals surface area contributed by atoms with E-state index >= 15 is 0 Å². The van der Waals surface area contributed by atoms with Gasteiger partial charge in [0, 0.05) is 19.2 Å². The van der Waals surface area contributed by atoms with Crippen LogP contribution in [0, 0.1) is 5.82 Å². The Hall–Kier alpha value is -2.03. The maximum absolute atomic E-state index is 12.9. The molecule has 142 valence electrons. The second-order valence-electron chi connectivity index (χ2n) is 5.50. The van der Waals surface area contributed by atoms with Crippen molar-refractivity contribution in [2.24, 2.45) is 4.99 Å². The van der Waals surface area contributed by atoms with Crippen molar-refractivity contribution in [3.05, 3.63) is 59.9 Å². The highest BCUT2D eigenvalue weighted by Gasteiger charge is 2.07. The highest BCUT2D eigenvalue weighted by atomic mass is 127. The molecule has 2 rings (SSSR count). The highest BCUT2D eigenvalue weighted by Crippen LogP contribution is 2.16. The first kappa shape index (κ1) is 22.0. The van der Waals surface area contributed by atoms with Crippen molar-refractivity contribution in [2.45, 2.75) is 19.6 Å². The molecule has 0 saturated carbocycles. The molecule has 0 bridgehead atoms. The number of methoxy groups -OCH3 is 1. The van der Waals surface area contributed by atoms with E-state index in [-0.39, 0.29) is 35.9 Å². The van der Waals surface area contributed by atoms with E-state index in [1.165, 1.54) is 12.1 Å². The quantitative estimate of drug-likeness (QED) is 0.367. The van der Waals surface area contributed by atoms with Crippen LogP contribution in [0.15, 0.2) is 53.5 Å². The number of para-hydroxylation sites is 1. The standard InChI is InChI=1S/C19H24FN3O2.HI/c1-14(25-17-10-8-16(20)9-11-17)12-22-19(21-2)23-13-15-6-4-5-7-18(15)24-3;/h4-11,14H,12-13H2,1-3H3,(H2,21,22,23);1H. The number of hydrogen-bond donors (Lipinski definition) is 2. The second-order valence-corrected chi connectivity index (χ2v) is 5.50. The molecule has 0 aromatic heterocycles. The maximum Gasteiger partial charge on any atom is 0.191 e. The van der Waals surface area contributed by atoms with Gasteiger partial charge in [-0.1, -0.05) is 18.2 Å². The third-order valence-electron chi connectivity index (χ3n) is 3.57. The molecule has 0 amide bonds. The lowest BCUT2D eigenvalue weighted by molar-refractivity contribution is 0.223. The Kier molecular flexibility index (Phi) is 9.79. The van der Waals surface area contributed by atoms with Gasteiger partial charge in [0.2, 0.25) is 0 Å². The zero-order valence-corrected chi connectivity index (χ0v) is 17.5. The van der Waals surface area contributed by atoms with Crippen LogP contribution in [0.4, 0.5) is 4.39 Å². The Morgan fingerprint density at radius 2 is 1.81 bits per heavy atom. The Morgan fingerprint density at radius 1 is 1.12 bits per heavy atom. The number of guanidine groups is 1. The summed E-state index contributed by atoms with van der Waals surface area (Å²) in [6, 6.07) is 13.8. The Labute approximate surface area is 171 Å². The molecule has 0 aliphatic rings. The van der Waals surface area contributed by atoms with Gasteiger partial charge in [-0.3, -0.25) is 4.99 Å². The van der Waals surface area contributed by atoms with Crippen LogP contribution < -0.4 is 20.1 Å². The van der Waals surface area contributed by atoms with Gasteiger partial charge in [0.25, 0.3) is 0 Å². The first-order valence-corrected chi connectivity index (χ1v) is 8.11. The van der Waals surface area contributed by atoms with Gasteiger partial charge >= 0.3 is 0 Å². The molecule has 5 nitrogen and oxygen atoms in total. The van der Waals surface area contributed by atoms with Gasteiger partial charge in [-0.15, -0.1) is 24.0 Å². The Morgan fingerprint density at radius 3 is 2.46 bits per heavy atom. The Bertz CT molecular complexity index is 695. The summed E-state index contributed by atoms with van der Waals surface area (Å²) in [7, 11) is 3.36. The number of nitrogens with one attached hydrogen (secondary N) is 2. The normalized spacial score (nSPS) is 11.9. The summed E-state index contributed by atoms with van der Waals surface area (Å²) in [5.74, 6) is 1.85. The summed E-state index contributed by atoms with van der Waals surface area (Å²) in [5.41, 5.74) is 1.04. The van der Waals surface area contributed by atoms with Crippen molar-refractivity contribution in [2.75, 3.05) is 20.7 Å². The van der Waals surface area contributed by atoms with E-state index in [4.69, 9.17) is 9.47 Å². The van der Waals surface area contributed by atoms with E-state index < -0.39 is 0 Å². The molecule has 0 saturated heterocycles.